The fourth-order valence-corrected chi connectivity index (χ4v) is 4.25. The summed E-state index contributed by atoms with van der Waals surface area (Å²) < 4.78 is 0. The van der Waals surface area contributed by atoms with Crippen LogP contribution in [0.2, 0.25) is 0 Å². The van der Waals surface area contributed by atoms with Gasteiger partial charge >= 0.3 is 0 Å². The minimum Gasteiger partial charge on any atom is -0.508 e. The minimum atomic E-state index is -0.215. The maximum atomic E-state index is 13.3. The Morgan fingerprint density at radius 3 is 2.30 bits per heavy atom. The Morgan fingerprint density at radius 2 is 1.63 bits per heavy atom. The van der Waals surface area contributed by atoms with Gasteiger partial charge in [0.2, 0.25) is 0 Å². The zero-order valence-corrected chi connectivity index (χ0v) is 17.1. The average molecular weight is 417 g/mol. The molecular formula is C24H20N2O3S. The van der Waals surface area contributed by atoms with Gasteiger partial charge in [0.15, 0.2) is 5.17 Å². The summed E-state index contributed by atoms with van der Waals surface area (Å²) in [6.07, 6.45) is 1.62. The van der Waals surface area contributed by atoms with Crippen molar-refractivity contribution in [1.29, 1.82) is 0 Å². The van der Waals surface area contributed by atoms with E-state index in [-0.39, 0.29) is 23.4 Å². The predicted molar refractivity (Wildman–Crippen MR) is 121 cm³/mol. The summed E-state index contributed by atoms with van der Waals surface area (Å²) in [6, 6.07) is 23.4. The van der Waals surface area contributed by atoms with E-state index in [1.807, 2.05) is 67.6 Å². The molecule has 0 saturated carbocycles. The van der Waals surface area contributed by atoms with E-state index < -0.39 is 0 Å². The van der Waals surface area contributed by atoms with Crippen LogP contribution in [0.15, 0.2) is 88.8 Å². The maximum Gasteiger partial charge on any atom is 0.267 e. The van der Waals surface area contributed by atoms with Crippen LogP contribution in [0.25, 0.3) is 6.08 Å². The van der Waals surface area contributed by atoms with Gasteiger partial charge in [-0.2, -0.15) is 0 Å². The number of aliphatic imine (C=N–C) groups is 1. The van der Waals surface area contributed by atoms with Crippen molar-refractivity contribution in [3.05, 3.63) is 94.9 Å². The van der Waals surface area contributed by atoms with Gasteiger partial charge in [-0.1, -0.05) is 48.5 Å². The minimum absolute atomic E-state index is 0.0364. The Morgan fingerprint density at radius 1 is 0.967 bits per heavy atom. The molecule has 1 fully saturated rings. The number of carbonyl (C=O) groups is 1. The number of thioether (sulfide) groups is 1. The van der Waals surface area contributed by atoms with Crippen LogP contribution in [-0.2, 0) is 4.79 Å². The van der Waals surface area contributed by atoms with Crippen LogP contribution in [0.1, 0.15) is 24.1 Å². The van der Waals surface area contributed by atoms with Crippen molar-refractivity contribution in [3.8, 4) is 11.5 Å². The van der Waals surface area contributed by atoms with Crippen molar-refractivity contribution in [1.82, 2.24) is 4.90 Å². The van der Waals surface area contributed by atoms with E-state index in [1.165, 1.54) is 23.9 Å². The number of aromatic hydroxyl groups is 2. The standard InChI is InChI=1S/C24H20N2O3S/c1-16(17-8-4-2-5-9-17)26-23(29)22(14-18-12-13-20(27)15-21(18)28)30-24(26)25-19-10-6-3-7-11-19/h2-16,27-28H,1H3/b22-14+,25-24?/t16-/m0/s1. The second kappa shape index (κ2) is 8.47. The molecule has 1 heterocycles. The second-order valence-corrected chi connectivity index (χ2v) is 7.85. The quantitative estimate of drug-likeness (QED) is 0.554. The molecule has 5 nitrogen and oxygen atoms in total. The third-order valence-corrected chi connectivity index (χ3v) is 5.77. The van der Waals surface area contributed by atoms with Gasteiger partial charge in [0.1, 0.15) is 11.5 Å². The topological polar surface area (TPSA) is 73.1 Å². The van der Waals surface area contributed by atoms with Gasteiger partial charge in [-0.3, -0.25) is 9.69 Å². The molecule has 0 aromatic heterocycles. The first-order valence-electron chi connectivity index (χ1n) is 9.46. The Hall–Kier alpha value is -3.51. The number of hydrogen-bond donors (Lipinski definition) is 2. The van der Waals surface area contributed by atoms with Crippen molar-refractivity contribution in [3.63, 3.8) is 0 Å². The number of phenolic OH excluding ortho intramolecular Hbond substituents is 2. The van der Waals surface area contributed by atoms with Crippen molar-refractivity contribution in [2.24, 2.45) is 4.99 Å². The van der Waals surface area contributed by atoms with Crippen LogP contribution in [0.5, 0.6) is 11.5 Å². The maximum absolute atomic E-state index is 13.3. The summed E-state index contributed by atoms with van der Waals surface area (Å²) in [5.74, 6) is -0.309. The van der Waals surface area contributed by atoms with Gasteiger partial charge in [-0.15, -0.1) is 0 Å². The first kappa shape index (κ1) is 19.8. The SMILES string of the molecule is C[C@@H](c1ccccc1)N1C(=O)/C(=C\c2ccc(O)cc2O)SC1=Nc1ccccc1. The lowest BCUT2D eigenvalue weighted by Gasteiger charge is -2.24. The fraction of sp³-hybridized carbons (Fsp3) is 0.0833. The van der Waals surface area contributed by atoms with Crippen LogP contribution in [0.4, 0.5) is 5.69 Å². The number of para-hydroxylation sites is 1. The Kier molecular flexibility index (Phi) is 5.59. The fourth-order valence-electron chi connectivity index (χ4n) is 3.20. The molecule has 0 spiro atoms. The Balaban J connectivity index is 1.76. The number of phenols is 2. The van der Waals surface area contributed by atoms with Crippen LogP contribution in [0, 0.1) is 0 Å². The van der Waals surface area contributed by atoms with Crippen LogP contribution in [-0.4, -0.2) is 26.2 Å². The number of benzene rings is 3. The normalized spacial score (nSPS) is 17.6. The Labute approximate surface area is 179 Å². The van der Waals surface area contributed by atoms with Gasteiger partial charge in [0, 0.05) is 11.6 Å². The van der Waals surface area contributed by atoms with E-state index in [0.717, 1.165) is 11.3 Å². The van der Waals surface area contributed by atoms with Crippen molar-refractivity contribution < 1.29 is 15.0 Å². The van der Waals surface area contributed by atoms with E-state index in [0.29, 0.717) is 15.6 Å². The molecule has 0 aliphatic carbocycles. The molecule has 2 N–H and O–H groups in total. The first-order chi connectivity index (χ1) is 14.5. The largest absolute Gasteiger partial charge is 0.508 e. The number of rotatable bonds is 4. The van der Waals surface area contributed by atoms with Crippen molar-refractivity contribution in [2.75, 3.05) is 0 Å². The monoisotopic (exact) mass is 416 g/mol. The molecule has 1 aliphatic heterocycles. The van der Waals surface area contributed by atoms with E-state index in [1.54, 1.807) is 17.0 Å². The van der Waals surface area contributed by atoms with Crippen LogP contribution in [0.3, 0.4) is 0 Å². The van der Waals surface area contributed by atoms with Gasteiger partial charge < -0.3 is 10.2 Å². The lowest BCUT2D eigenvalue weighted by Crippen LogP contribution is -2.32. The molecular weight excluding hydrogens is 396 g/mol. The van der Waals surface area contributed by atoms with Gasteiger partial charge in [0.25, 0.3) is 5.91 Å². The number of nitrogens with zero attached hydrogens (tertiary/aromatic N) is 2. The zero-order valence-electron chi connectivity index (χ0n) is 16.3. The molecule has 1 aliphatic rings. The summed E-state index contributed by atoms with van der Waals surface area (Å²) in [5.41, 5.74) is 2.21. The number of hydrogen-bond acceptors (Lipinski definition) is 5. The first-order valence-corrected chi connectivity index (χ1v) is 10.3. The van der Waals surface area contributed by atoms with Crippen LogP contribution < -0.4 is 0 Å². The van der Waals surface area contributed by atoms with Crippen LogP contribution >= 0.6 is 11.8 Å². The summed E-state index contributed by atoms with van der Waals surface area (Å²) in [6.45, 7) is 1.97. The van der Waals surface area contributed by atoms with Gasteiger partial charge in [-0.05, 0) is 54.6 Å². The third kappa shape index (κ3) is 4.09. The van der Waals surface area contributed by atoms with E-state index in [4.69, 9.17) is 4.99 Å². The molecule has 150 valence electrons. The molecule has 1 atom stereocenters. The molecule has 4 rings (SSSR count). The lowest BCUT2D eigenvalue weighted by molar-refractivity contribution is -0.123. The van der Waals surface area contributed by atoms with E-state index in [2.05, 4.69) is 0 Å². The molecule has 30 heavy (non-hydrogen) atoms. The molecule has 6 heteroatoms. The third-order valence-electron chi connectivity index (χ3n) is 4.79. The predicted octanol–water partition coefficient (Wildman–Crippen LogP) is 5.46. The van der Waals surface area contributed by atoms with Gasteiger partial charge in [0.05, 0.1) is 16.6 Å². The zero-order chi connectivity index (χ0) is 21.1. The molecule has 3 aromatic carbocycles. The number of carbonyl (C=O) groups excluding carboxylic acids is 1. The van der Waals surface area contributed by atoms with Gasteiger partial charge in [-0.25, -0.2) is 4.99 Å². The molecule has 1 saturated heterocycles. The van der Waals surface area contributed by atoms with Crippen molar-refractivity contribution >= 4 is 34.6 Å². The molecule has 3 aromatic rings. The highest BCUT2D eigenvalue weighted by Crippen LogP contribution is 2.40. The summed E-state index contributed by atoms with van der Waals surface area (Å²) in [4.78, 5) is 20.2. The second-order valence-electron chi connectivity index (χ2n) is 6.85. The lowest BCUT2D eigenvalue weighted by atomic mass is 10.1. The van der Waals surface area contributed by atoms with Crippen molar-refractivity contribution in [2.45, 2.75) is 13.0 Å². The molecule has 0 unspecified atom stereocenters. The summed E-state index contributed by atoms with van der Waals surface area (Å²) in [7, 11) is 0. The highest BCUT2D eigenvalue weighted by atomic mass is 32.2. The highest BCUT2D eigenvalue weighted by molar-refractivity contribution is 8.18. The summed E-state index contributed by atoms with van der Waals surface area (Å²) >= 11 is 1.27. The average Bonchev–Trinajstić information content (AvgIpc) is 3.05. The summed E-state index contributed by atoms with van der Waals surface area (Å²) in [5, 5.41) is 20.2. The van der Waals surface area contributed by atoms with E-state index >= 15 is 0 Å². The number of amides is 1. The molecule has 0 bridgehead atoms. The molecule has 0 radical (unpaired) electrons. The smallest absolute Gasteiger partial charge is 0.267 e. The van der Waals surface area contributed by atoms with E-state index in [9.17, 15) is 15.0 Å². The Bertz CT molecular complexity index is 1130. The number of amidine groups is 1. The highest BCUT2D eigenvalue weighted by Gasteiger charge is 2.37. The molecule has 1 amide bonds.